The number of benzene rings is 1. The Kier molecular flexibility index (Phi) is 4.05. The number of nitrogen functional groups attached to an aromatic ring is 1. The summed E-state index contributed by atoms with van der Waals surface area (Å²) in [4.78, 5) is 1.93. The minimum Gasteiger partial charge on any atom is -0.396 e. The van der Waals surface area contributed by atoms with Gasteiger partial charge in [0.15, 0.2) is 0 Å². The van der Waals surface area contributed by atoms with E-state index in [1.54, 1.807) is 19.1 Å². The molecule has 1 aromatic carbocycles. The summed E-state index contributed by atoms with van der Waals surface area (Å²) in [7, 11) is 1.88. The van der Waals surface area contributed by atoms with E-state index in [-0.39, 0.29) is 11.8 Å². The fourth-order valence-electron chi connectivity index (χ4n) is 1.50. The molecule has 0 amide bonds. The molecule has 3 N–H and O–H groups in total. The quantitative estimate of drug-likeness (QED) is 0.738. The average Bonchev–Trinajstić information content (AvgIpc) is 2.10. The van der Waals surface area contributed by atoms with E-state index in [9.17, 15) is 4.39 Å². The van der Waals surface area contributed by atoms with Gasteiger partial charge in [0.2, 0.25) is 0 Å². The predicted octanol–water partition coefficient (Wildman–Crippen LogP) is 1.22. The maximum atomic E-state index is 13.1. The SMILES string of the molecule is CC(O)CN(C)Cc1ccc(N)c(F)c1. The van der Waals surface area contributed by atoms with Crippen molar-refractivity contribution in [2.75, 3.05) is 19.3 Å². The van der Waals surface area contributed by atoms with Gasteiger partial charge in [-0.3, -0.25) is 4.90 Å². The van der Waals surface area contributed by atoms with Crippen molar-refractivity contribution < 1.29 is 9.50 Å². The minimum atomic E-state index is -0.391. The molecule has 0 saturated carbocycles. The van der Waals surface area contributed by atoms with Gasteiger partial charge in [-0.2, -0.15) is 0 Å². The lowest BCUT2D eigenvalue weighted by atomic mass is 10.2. The minimum absolute atomic E-state index is 0.164. The van der Waals surface area contributed by atoms with Crippen LogP contribution in [0.2, 0.25) is 0 Å². The molecule has 84 valence electrons. The molecule has 1 rings (SSSR count). The molecule has 0 aliphatic rings. The summed E-state index contributed by atoms with van der Waals surface area (Å²) in [6, 6.07) is 4.77. The van der Waals surface area contributed by atoms with Crippen LogP contribution in [0.4, 0.5) is 10.1 Å². The number of hydrogen-bond acceptors (Lipinski definition) is 3. The number of aliphatic hydroxyl groups excluding tert-OH is 1. The van der Waals surface area contributed by atoms with Crippen molar-refractivity contribution in [3.63, 3.8) is 0 Å². The Labute approximate surface area is 89.3 Å². The second kappa shape index (κ2) is 5.09. The van der Waals surface area contributed by atoms with Gasteiger partial charge in [0.1, 0.15) is 5.82 Å². The van der Waals surface area contributed by atoms with E-state index in [1.807, 2.05) is 11.9 Å². The standard InChI is InChI=1S/C11H17FN2O/c1-8(15)6-14(2)7-9-3-4-11(13)10(12)5-9/h3-5,8,15H,6-7,13H2,1-2H3. The average molecular weight is 212 g/mol. The van der Waals surface area contributed by atoms with Crippen molar-refractivity contribution in [2.45, 2.75) is 19.6 Å². The Hall–Kier alpha value is -1.13. The van der Waals surface area contributed by atoms with Crippen molar-refractivity contribution in [3.8, 4) is 0 Å². The number of aliphatic hydroxyl groups is 1. The Morgan fingerprint density at radius 3 is 2.73 bits per heavy atom. The van der Waals surface area contributed by atoms with E-state index in [0.29, 0.717) is 13.1 Å². The van der Waals surface area contributed by atoms with Crippen molar-refractivity contribution in [1.29, 1.82) is 0 Å². The first-order valence-electron chi connectivity index (χ1n) is 4.89. The molecule has 1 aromatic rings. The van der Waals surface area contributed by atoms with Crippen molar-refractivity contribution in [3.05, 3.63) is 29.6 Å². The number of nitrogens with two attached hydrogens (primary N) is 1. The second-order valence-corrected chi connectivity index (χ2v) is 3.90. The number of nitrogens with zero attached hydrogens (tertiary/aromatic N) is 1. The highest BCUT2D eigenvalue weighted by molar-refractivity contribution is 5.41. The summed E-state index contributed by atoms with van der Waals surface area (Å²) < 4.78 is 13.1. The third-order valence-electron chi connectivity index (χ3n) is 2.09. The van der Waals surface area contributed by atoms with Crippen LogP contribution < -0.4 is 5.73 Å². The molecule has 0 fully saturated rings. The molecule has 0 spiro atoms. The van der Waals surface area contributed by atoms with Crippen LogP contribution in [-0.4, -0.2) is 29.7 Å². The first-order chi connectivity index (χ1) is 6.99. The molecule has 4 heteroatoms. The number of anilines is 1. The molecule has 0 heterocycles. The van der Waals surface area contributed by atoms with Gasteiger partial charge in [0.05, 0.1) is 11.8 Å². The van der Waals surface area contributed by atoms with Crippen LogP contribution in [0.15, 0.2) is 18.2 Å². The zero-order valence-corrected chi connectivity index (χ0v) is 9.07. The van der Waals surface area contributed by atoms with Gasteiger partial charge in [0.25, 0.3) is 0 Å². The van der Waals surface area contributed by atoms with Crippen LogP contribution >= 0.6 is 0 Å². The largest absolute Gasteiger partial charge is 0.396 e. The van der Waals surface area contributed by atoms with Gasteiger partial charge in [-0.15, -0.1) is 0 Å². The highest BCUT2D eigenvalue weighted by Gasteiger charge is 2.05. The maximum Gasteiger partial charge on any atom is 0.146 e. The Morgan fingerprint density at radius 2 is 2.20 bits per heavy atom. The summed E-state index contributed by atoms with van der Waals surface area (Å²) in [5.74, 6) is -0.391. The fraction of sp³-hybridized carbons (Fsp3) is 0.455. The highest BCUT2D eigenvalue weighted by Crippen LogP contribution is 2.13. The first kappa shape index (κ1) is 11.9. The molecule has 0 aliphatic heterocycles. The molecule has 3 nitrogen and oxygen atoms in total. The van der Waals surface area contributed by atoms with Crippen LogP contribution in [-0.2, 0) is 6.54 Å². The van der Waals surface area contributed by atoms with Gasteiger partial charge in [-0.1, -0.05) is 6.07 Å². The monoisotopic (exact) mass is 212 g/mol. The summed E-state index contributed by atoms with van der Waals surface area (Å²) in [5.41, 5.74) is 6.39. The van der Waals surface area contributed by atoms with Crippen LogP contribution in [0.25, 0.3) is 0 Å². The molecule has 1 atom stereocenters. The van der Waals surface area contributed by atoms with Gasteiger partial charge in [-0.25, -0.2) is 4.39 Å². The van der Waals surface area contributed by atoms with Crippen molar-refractivity contribution >= 4 is 5.69 Å². The molecule has 15 heavy (non-hydrogen) atoms. The molecular weight excluding hydrogens is 195 g/mol. The number of hydrogen-bond donors (Lipinski definition) is 2. The lowest BCUT2D eigenvalue weighted by Crippen LogP contribution is -2.26. The molecule has 0 radical (unpaired) electrons. The Balaban J connectivity index is 2.60. The summed E-state index contributed by atoms with van der Waals surface area (Å²) in [6.07, 6.45) is -0.381. The third kappa shape index (κ3) is 3.85. The van der Waals surface area contributed by atoms with E-state index < -0.39 is 5.82 Å². The van der Waals surface area contributed by atoms with E-state index in [0.717, 1.165) is 5.56 Å². The lowest BCUT2D eigenvalue weighted by molar-refractivity contribution is 0.138. The molecule has 1 unspecified atom stereocenters. The molecule has 0 aliphatic carbocycles. The second-order valence-electron chi connectivity index (χ2n) is 3.90. The first-order valence-corrected chi connectivity index (χ1v) is 4.89. The predicted molar refractivity (Wildman–Crippen MR) is 58.8 cm³/mol. The van der Waals surface area contributed by atoms with Crippen LogP contribution in [0.1, 0.15) is 12.5 Å². The smallest absolute Gasteiger partial charge is 0.146 e. The van der Waals surface area contributed by atoms with Gasteiger partial charge >= 0.3 is 0 Å². The molecular formula is C11H17FN2O. The number of halogens is 1. The summed E-state index contributed by atoms with van der Waals surface area (Å²) >= 11 is 0. The van der Waals surface area contributed by atoms with Crippen LogP contribution in [0, 0.1) is 5.82 Å². The van der Waals surface area contributed by atoms with Crippen molar-refractivity contribution in [2.24, 2.45) is 0 Å². The third-order valence-corrected chi connectivity index (χ3v) is 2.09. The Bertz CT molecular complexity index is 328. The lowest BCUT2D eigenvalue weighted by Gasteiger charge is -2.18. The normalized spacial score (nSPS) is 13.1. The van der Waals surface area contributed by atoms with E-state index in [1.165, 1.54) is 6.07 Å². The zero-order chi connectivity index (χ0) is 11.4. The molecule has 0 saturated heterocycles. The van der Waals surface area contributed by atoms with Crippen LogP contribution in [0.3, 0.4) is 0 Å². The van der Waals surface area contributed by atoms with E-state index in [2.05, 4.69) is 0 Å². The van der Waals surface area contributed by atoms with Crippen molar-refractivity contribution in [1.82, 2.24) is 4.90 Å². The Morgan fingerprint density at radius 1 is 1.53 bits per heavy atom. The molecule has 0 aromatic heterocycles. The zero-order valence-electron chi connectivity index (χ0n) is 9.07. The topological polar surface area (TPSA) is 49.5 Å². The fourth-order valence-corrected chi connectivity index (χ4v) is 1.50. The molecule has 0 bridgehead atoms. The number of rotatable bonds is 4. The summed E-state index contributed by atoms with van der Waals surface area (Å²) in [6.45, 7) is 2.88. The highest BCUT2D eigenvalue weighted by atomic mass is 19.1. The number of likely N-dealkylation sites (N-methyl/N-ethyl adjacent to an activating group) is 1. The van der Waals surface area contributed by atoms with Crippen LogP contribution in [0.5, 0.6) is 0 Å². The van der Waals surface area contributed by atoms with E-state index >= 15 is 0 Å². The van der Waals surface area contributed by atoms with Gasteiger partial charge in [-0.05, 0) is 31.7 Å². The van der Waals surface area contributed by atoms with Gasteiger partial charge < -0.3 is 10.8 Å². The summed E-state index contributed by atoms with van der Waals surface area (Å²) in [5, 5.41) is 9.16. The van der Waals surface area contributed by atoms with E-state index in [4.69, 9.17) is 10.8 Å². The van der Waals surface area contributed by atoms with Gasteiger partial charge in [0, 0.05) is 13.1 Å². The maximum absolute atomic E-state index is 13.1.